The van der Waals surface area contributed by atoms with Gasteiger partial charge in [-0.3, -0.25) is 4.98 Å². The van der Waals surface area contributed by atoms with Gasteiger partial charge in [0.1, 0.15) is 11.3 Å². The molecule has 0 aliphatic rings. The van der Waals surface area contributed by atoms with E-state index < -0.39 is 17.7 Å². The monoisotopic (exact) mass is 342 g/mol. The molecule has 25 heavy (non-hydrogen) atoms. The Morgan fingerprint density at radius 2 is 1.96 bits per heavy atom. The summed E-state index contributed by atoms with van der Waals surface area (Å²) < 4.78 is 27.0. The van der Waals surface area contributed by atoms with Gasteiger partial charge in [-0.05, 0) is 36.7 Å². The molecule has 0 amide bonds. The summed E-state index contributed by atoms with van der Waals surface area (Å²) in [6.45, 7) is 2.77. The van der Waals surface area contributed by atoms with E-state index in [9.17, 15) is 13.9 Å². The van der Waals surface area contributed by atoms with Crippen LogP contribution in [-0.4, -0.2) is 16.6 Å². The number of pyridine rings is 1. The molecule has 0 bridgehead atoms. The first kappa shape index (κ1) is 17.3. The van der Waals surface area contributed by atoms with Gasteiger partial charge in [0.15, 0.2) is 11.6 Å². The molecule has 2 aromatic carbocycles. The lowest BCUT2D eigenvalue weighted by Gasteiger charge is -2.21. The maximum atomic E-state index is 13.7. The number of phenols is 1. The molecule has 0 saturated carbocycles. The molecular weight excluding hydrogens is 322 g/mol. The van der Waals surface area contributed by atoms with Crippen molar-refractivity contribution in [2.45, 2.75) is 25.8 Å². The van der Waals surface area contributed by atoms with Crippen molar-refractivity contribution in [1.29, 1.82) is 0 Å². The number of hydrogen-bond donors (Lipinski definition) is 2. The van der Waals surface area contributed by atoms with E-state index >= 15 is 0 Å². The van der Waals surface area contributed by atoms with Crippen LogP contribution in [0, 0.1) is 11.6 Å². The molecule has 0 spiro atoms. The highest BCUT2D eigenvalue weighted by Gasteiger charge is 2.20. The van der Waals surface area contributed by atoms with Gasteiger partial charge in [-0.15, -0.1) is 0 Å². The Hall–Kier alpha value is -2.53. The number of hydrogen-bond acceptors (Lipinski definition) is 3. The predicted molar refractivity (Wildman–Crippen MR) is 94.5 cm³/mol. The molecule has 3 rings (SSSR count). The van der Waals surface area contributed by atoms with Gasteiger partial charge in [-0.25, -0.2) is 8.78 Å². The molecule has 0 aliphatic carbocycles. The lowest BCUT2D eigenvalue weighted by atomic mass is 9.96. The second kappa shape index (κ2) is 7.57. The minimum atomic E-state index is -0.904. The van der Waals surface area contributed by atoms with Crippen LogP contribution in [0.2, 0.25) is 0 Å². The second-order valence-electron chi connectivity index (χ2n) is 5.99. The van der Waals surface area contributed by atoms with Gasteiger partial charge in [-0.1, -0.05) is 37.6 Å². The van der Waals surface area contributed by atoms with Crippen molar-refractivity contribution in [3.63, 3.8) is 0 Å². The highest BCUT2D eigenvalue weighted by atomic mass is 19.2. The molecule has 0 radical (unpaired) electrons. The number of unbranched alkanes of at least 4 members (excludes halogenated alkanes) is 1. The Morgan fingerprint density at radius 1 is 1.12 bits per heavy atom. The zero-order chi connectivity index (χ0) is 17.8. The molecular formula is C20H20F2N2O. The topological polar surface area (TPSA) is 45.2 Å². The van der Waals surface area contributed by atoms with Crippen LogP contribution in [0.5, 0.6) is 5.75 Å². The fourth-order valence-corrected chi connectivity index (χ4v) is 2.90. The summed E-state index contributed by atoms with van der Waals surface area (Å²) in [4.78, 5) is 4.23. The molecule has 1 aromatic heterocycles. The summed E-state index contributed by atoms with van der Waals surface area (Å²) in [5.74, 6) is -1.74. The van der Waals surface area contributed by atoms with Gasteiger partial charge >= 0.3 is 0 Å². The van der Waals surface area contributed by atoms with Crippen LogP contribution < -0.4 is 5.32 Å². The van der Waals surface area contributed by atoms with Crippen molar-refractivity contribution >= 4 is 10.9 Å². The predicted octanol–water partition coefficient (Wildman–Crippen LogP) is 4.70. The van der Waals surface area contributed by atoms with Gasteiger partial charge in [0.25, 0.3) is 0 Å². The molecule has 0 saturated heterocycles. The standard InChI is InChI=1S/C20H20F2N2O/c1-2-3-10-23-18(14-7-9-16(21)17(22)12-14)15-8-6-13-5-4-11-24-19(13)20(15)25/h4-9,11-12,18,23,25H,2-3,10H2,1H3. The van der Waals surface area contributed by atoms with Crippen molar-refractivity contribution in [2.75, 3.05) is 6.54 Å². The van der Waals surface area contributed by atoms with Crippen LogP contribution in [0.4, 0.5) is 8.78 Å². The Balaban J connectivity index is 2.07. The van der Waals surface area contributed by atoms with Gasteiger partial charge in [0.2, 0.25) is 0 Å². The average molecular weight is 342 g/mol. The molecule has 2 N–H and O–H groups in total. The van der Waals surface area contributed by atoms with E-state index in [0.29, 0.717) is 23.2 Å². The summed E-state index contributed by atoms with van der Waals surface area (Å²) in [6.07, 6.45) is 3.55. The third-order valence-corrected chi connectivity index (χ3v) is 4.25. The second-order valence-corrected chi connectivity index (χ2v) is 5.99. The molecule has 5 heteroatoms. The molecule has 130 valence electrons. The van der Waals surface area contributed by atoms with Crippen molar-refractivity contribution in [2.24, 2.45) is 0 Å². The molecule has 1 heterocycles. The summed E-state index contributed by atoms with van der Waals surface area (Å²) in [6, 6.07) is 10.7. The van der Waals surface area contributed by atoms with E-state index in [0.717, 1.165) is 24.3 Å². The van der Waals surface area contributed by atoms with Crippen LogP contribution in [0.15, 0.2) is 48.7 Å². The first-order valence-electron chi connectivity index (χ1n) is 8.36. The Morgan fingerprint density at radius 3 is 2.72 bits per heavy atom. The maximum Gasteiger partial charge on any atom is 0.159 e. The van der Waals surface area contributed by atoms with Gasteiger partial charge in [0.05, 0.1) is 6.04 Å². The number of nitrogens with one attached hydrogen (secondary N) is 1. The highest BCUT2D eigenvalue weighted by molar-refractivity contribution is 5.85. The Labute approximate surface area is 145 Å². The normalized spacial score (nSPS) is 12.4. The average Bonchev–Trinajstić information content (AvgIpc) is 2.63. The van der Waals surface area contributed by atoms with Crippen LogP contribution in [0.1, 0.15) is 36.9 Å². The van der Waals surface area contributed by atoms with Gasteiger partial charge in [0, 0.05) is 17.1 Å². The van der Waals surface area contributed by atoms with E-state index in [4.69, 9.17) is 0 Å². The lowest BCUT2D eigenvalue weighted by Crippen LogP contribution is -2.24. The Kier molecular flexibility index (Phi) is 5.24. The van der Waals surface area contributed by atoms with Crippen LogP contribution in [-0.2, 0) is 0 Å². The van der Waals surface area contributed by atoms with E-state index in [-0.39, 0.29) is 5.75 Å². The number of rotatable bonds is 6. The van der Waals surface area contributed by atoms with Crippen molar-refractivity contribution in [1.82, 2.24) is 10.3 Å². The zero-order valence-corrected chi connectivity index (χ0v) is 14.0. The van der Waals surface area contributed by atoms with E-state index in [1.54, 1.807) is 18.3 Å². The van der Waals surface area contributed by atoms with Crippen LogP contribution in [0.3, 0.4) is 0 Å². The molecule has 1 atom stereocenters. The minimum Gasteiger partial charge on any atom is -0.505 e. The SMILES string of the molecule is CCCCNC(c1ccc(F)c(F)c1)c1ccc2cccnc2c1O. The minimum absolute atomic E-state index is 0.0526. The summed E-state index contributed by atoms with van der Waals surface area (Å²) in [7, 11) is 0. The fourth-order valence-electron chi connectivity index (χ4n) is 2.90. The molecule has 0 aliphatic heterocycles. The first-order chi connectivity index (χ1) is 12.1. The van der Waals surface area contributed by atoms with Crippen molar-refractivity contribution < 1.29 is 13.9 Å². The number of halogens is 2. The maximum absolute atomic E-state index is 13.7. The van der Waals surface area contributed by atoms with E-state index in [2.05, 4.69) is 17.2 Å². The number of nitrogens with zero attached hydrogens (tertiary/aromatic N) is 1. The molecule has 3 aromatic rings. The number of fused-ring (bicyclic) bond motifs is 1. The largest absolute Gasteiger partial charge is 0.505 e. The zero-order valence-electron chi connectivity index (χ0n) is 14.0. The van der Waals surface area contributed by atoms with E-state index in [1.165, 1.54) is 12.1 Å². The highest BCUT2D eigenvalue weighted by Crippen LogP contribution is 2.34. The smallest absolute Gasteiger partial charge is 0.159 e. The summed E-state index contributed by atoms with van der Waals surface area (Å²) in [5.41, 5.74) is 1.64. The molecule has 3 nitrogen and oxygen atoms in total. The number of benzene rings is 2. The number of aromatic hydroxyl groups is 1. The summed E-state index contributed by atoms with van der Waals surface area (Å²) in [5, 5.41) is 14.8. The van der Waals surface area contributed by atoms with E-state index in [1.807, 2.05) is 12.1 Å². The van der Waals surface area contributed by atoms with Gasteiger partial charge in [-0.2, -0.15) is 0 Å². The third-order valence-electron chi connectivity index (χ3n) is 4.25. The van der Waals surface area contributed by atoms with Crippen LogP contribution in [0.25, 0.3) is 10.9 Å². The molecule has 0 fully saturated rings. The number of phenolic OH excluding ortho intramolecular Hbond substituents is 1. The quantitative estimate of drug-likeness (QED) is 0.638. The summed E-state index contributed by atoms with van der Waals surface area (Å²) >= 11 is 0. The van der Waals surface area contributed by atoms with Gasteiger partial charge < -0.3 is 10.4 Å². The number of aromatic nitrogens is 1. The Bertz CT molecular complexity index is 883. The first-order valence-corrected chi connectivity index (χ1v) is 8.36. The third kappa shape index (κ3) is 3.61. The van der Waals surface area contributed by atoms with Crippen molar-refractivity contribution in [3.8, 4) is 5.75 Å². The lowest BCUT2D eigenvalue weighted by molar-refractivity contribution is 0.459. The molecule has 1 unspecified atom stereocenters. The van der Waals surface area contributed by atoms with Crippen molar-refractivity contribution in [3.05, 3.63) is 71.4 Å². The van der Waals surface area contributed by atoms with Crippen LogP contribution >= 0.6 is 0 Å². The fraction of sp³-hybridized carbons (Fsp3) is 0.250.